The largest absolute Gasteiger partial charge is 0.476 e. The minimum Gasteiger partial charge on any atom is -0.476 e. The van der Waals surface area contributed by atoms with E-state index in [-0.39, 0.29) is 17.2 Å². The minimum atomic E-state index is -1.20. The Balaban J connectivity index is 2.13. The van der Waals surface area contributed by atoms with Gasteiger partial charge < -0.3 is 14.0 Å². The molecule has 0 spiro atoms. The summed E-state index contributed by atoms with van der Waals surface area (Å²) in [5.41, 5.74) is 0.129. The molecule has 5 nitrogen and oxygen atoms in total. The lowest BCUT2D eigenvalue weighted by molar-refractivity contribution is 0.0686. The van der Waals surface area contributed by atoms with E-state index in [9.17, 15) is 9.18 Å². The number of halogens is 1. The van der Waals surface area contributed by atoms with E-state index >= 15 is 0 Å². The fourth-order valence-corrected chi connectivity index (χ4v) is 1.64. The monoisotopic (exact) mass is 247 g/mol. The van der Waals surface area contributed by atoms with Crippen molar-refractivity contribution in [2.24, 2.45) is 0 Å². The lowest BCUT2D eigenvalue weighted by Crippen LogP contribution is -1.94. The number of aromatic carboxylic acids is 1. The third kappa shape index (κ3) is 1.55. The van der Waals surface area contributed by atoms with Crippen molar-refractivity contribution < 1.29 is 23.2 Å². The first kappa shape index (κ1) is 10.5. The summed E-state index contributed by atoms with van der Waals surface area (Å²) in [5.74, 6) is -1.24. The van der Waals surface area contributed by atoms with E-state index in [4.69, 9.17) is 14.0 Å². The van der Waals surface area contributed by atoms with Crippen molar-refractivity contribution in [1.29, 1.82) is 0 Å². The van der Waals surface area contributed by atoms with Crippen molar-refractivity contribution >= 4 is 16.9 Å². The molecule has 0 radical (unpaired) electrons. The van der Waals surface area contributed by atoms with Crippen LogP contribution in [0.3, 0.4) is 0 Å². The first-order valence-corrected chi connectivity index (χ1v) is 5.03. The van der Waals surface area contributed by atoms with Crippen LogP contribution in [0.2, 0.25) is 0 Å². The number of carbonyl (C=O) groups is 1. The molecule has 0 atom stereocenters. The van der Waals surface area contributed by atoms with E-state index in [1.807, 2.05) is 0 Å². The van der Waals surface area contributed by atoms with Crippen molar-refractivity contribution in [3.63, 3.8) is 0 Å². The molecule has 1 N–H and O–H groups in total. The summed E-state index contributed by atoms with van der Waals surface area (Å²) in [5, 5.41) is 12.4. The molecule has 0 aliphatic rings. The lowest BCUT2D eigenvalue weighted by Gasteiger charge is -1.87. The number of rotatable bonds is 2. The van der Waals surface area contributed by atoms with Crippen molar-refractivity contribution in [1.82, 2.24) is 5.16 Å². The zero-order chi connectivity index (χ0) is 12.7. The number of benzene rings is 1. The van der Waals surface area contributed by atoms with Gasteiger partial charge in [-0.25, -0.2) is 9.18 Å². The smallest absolute Gasteiger partial charge is 0.358 e. The van der Waals surface area contributed by atoms with Gasteiger partial charge in [0.1, 0.15) is 11.4 Å². The van der Waals surface area contributed by atoms with E-state index < -0.39 is 11.8 Å². The fraction of sp³-hybridized carbons (Fsp3) is 0. The Morgan fingerprint density at radius 2 is 2.11 bits per heavy atom. The Labute approximate surface area is 99.4 Å². The van der Waals surface area contributed by atoms with Crippen molar-refractivity contribution in [3.05, 3.63) is 41.8 Å². The summed E-state index contributed by atoms with van der Waals surface area (Å²) in [7, 11) is 0. The molecule has 0 saturated heterocycles. The topological polar surface area (TPSA) is 76.5 Å². The maximum atomic E-state index is 13.4. The number of nitrogens with zero attached hydrogens (tertiary/aromatic N) is 1. The van der Waals surface area contributed by atoms with Crippen LogP contribution in [0.15, 0.2) is 39.3 Å². The number of hydrogen-bond acceptors (Lipinski definition) is 4. The van der Waals surface area contributed by atoms with E-state index in [2.05, 4.69) is 5.16 Å². The normalized spacial score (nSPS) is 10.9. The van der Waals surface area contributed by atoms with Crippen LogP contribution in [0.5, 0.6) is 0 Å². The van der Waals surface area contributed by atoms with Crippen molar-refractivity contribution in [2.75, 3.05) is 0 Å². The lowest BCUT2D eigenvalue weighted by atomic mass is 10.2. The summed E-state index contributed by atoms with van der Waals surface area (Å²) in [4.78, 5) is 10.7. The van der Waals surface area contributed by atoms with Gasteiger partial charge in [0.15, 0.2) is 11.5 Å². The molecule has 2 aromatic heterocycles. The predicted octanol–water partition coefficient (Wildman–Crippen LogP) is 2.93. The van der Waals surface area contributed by atoms with Gasteiger partial charge in [0, 0.05) is 6.07 Å². The molecule has 0 aliphatic carbocycles. The minimum absolute atomic E-state index is 0.142. The van der Waals surface area contributed by atoms with Gasteiger partial charge in [-0.2, -0.15) is 0 Å². The molecule has 18 heavy (non-hydrogen) atoms. The van der Waals surface area contributed by atoms with Gasteiger partial charge in [-0.1, -0.05) is 11.2 Å². The highest BCUT2D eigenvalue weighted by Gasteiger charge is 2.16. The zero-order valence-corrected chi connectivity index (χ0v) is 8.88. The molecule has 0 bridgehead atoms. The summed E-state index contributed by atoms with van der Waals surface area (Å²) >= 11 is 0. The third-order valence-electron chi connectivity index (χ3n) is 2.48. The molecule has 0 fully saturated rings. The Bertz CT molecular complexity index is 743. The second kappa shape index (κ2) is 3.69. The summed E-state index contributed by atoms with van der Waals surface area (Å²) in [6.07, 6.45) is 0. The molecule has 0 amide bonds. The second-order valence-corrected chi connectivity index (χ2v) is 3.64. The van der Waals surface area contributed by atoms with Gasteiger partial charge in [-0.15, -0.1) is 0 Å². The second-order valence-electron chi connectivity index (χ2n) is 3.64. The van der Waals surface area contributed by atoms with Gasteiger partial charge >= 0.3 is 5.97 Å². The van der Waals surface area contributed by atoms with Crippen LogP contribution in [0, 0.1) is 5.82 Å². The van der Waals surface area contributed by atoms with Crippen LogP contribution in [0.4, 0.5) is 4.39 Å². The number of fused-ring (bicyclic) bond motifs is 1. The van der Waals surface area contributed by atoms with Gasteiger partial charge in [0.25, 0.3) is 0 Å². The van der Waals surface area contributed by atoms with E-state index in [0.29, 0.717) is 11.0 Å². The first-order chi connectivity index (χ1) is 8.65. The molecule has 3 aromatic rings. The molecule has 6 heteroatoms. The van der Waals surface area contributed by atoms with Crippen molar-refractivity contribution in [3.8, 4) is 11.5 Å². The number of furan rings is 1. The van der Waals surface area contributed by atoms with Crippen LogP contribution < -0.4 is 0 Å². The molecule has 3 rings (SSSR count). The number of carboxylic acids is 1. The molecule has 0 unspecified atom stereocenters. The quantitative estimate of drug-likeness (QED) is 0.753. The number of aromatic nitrogens is 1. The van der Waals surface area contributed by atoms with Gasteiger partial charge in [-0.3, -0.25) is 0 Å². The van der Waals surface area contributed by atoms with Gasteiger partial charge in [-0.05, 0) is 18.2 Å². The molecule has 90 valence electrons. The predicted molar refractivity (Wildman–Crippen MR) is 58.6 cm³/mol. The Morgan fingerprint density at radius 1 is 1.28 bits per heavy atom. The maximum Gasteiger partial charge on any atom is 0.358 e. The van der Waals surface area contributed by atoms with Crippen molar-refractivity contribution in [2.45, 2.75) is 0 Å². The average molecular weight is 247 g/mol. The highest BCUT2D eigenvalue weighted by atomic mass is 19.1. The number of hydrogen-bond donors (Lipinski definition) is 1. The number of carboxylic acid groups (broad SMARTS) is 1. The molecular formula is C12H6FNO4. The third-order valence-corrected chi connectivity index (χ3v) is 2.48. The summed E-state index contributed by atoms with van der Waals surface area (Å²) in [6.45, 7) is 0. The molecule has 1 aromatic carbocycles. The Kier molecular flexibility index (Phi) is 2.16. The summed E-state index contributed by atoms with van der Waals surface area (Å²) in [6, 6.07) is 7.10. The van der Waals surface area contributed by atoms with Gasteiger partial charge in [0.05, 0.1) is 5.39 Å². The van der Waals surface area contributed by atoms with Crippen LogP contribution in [0.25, 0.3) is 22.5 Å². The summed E-state index contributed by atoms with van der Waals surface area (Å²) < 4.78 is 23.6. The molecule has 0 aliphatic heterocycles. The van der Waals surface area contributed by atoms with Crippen LogP contribution in [0.1, 0.15) is 10.5 Å². The molecule has 0 saturated carbocycles. The SMILES string of the molecule is O=C(O)c1cc(-c2cc3c(F)cccc3o2)on1. The first-order valence-electron chi connectivity index (χ1n) is 5.03. The molecular weight excluding hydrogens is 241 g/mol. The molecule has 2 heterocycles. The fourth-order valence-electron chi connectivity index (χ4n) is 1.64. The maximum absolute atomic E-state index is 13.4. The van der Waals surface area contributed by atoms with Crippen LogP contribution >= 0.6 is 0 Å². The van der Waals surface area contributed by atoms with E-state index in [0.717, 1.165) is 0 Å². The van der Waals surface area contributed by atoms with Crippen LogP contribution in [-0.2, 0) is 0 Å². The average Bonchev–Trinajstić information content (AvgIpc) is 2.95. The highest BCUT2D eigenvalue weighted by molar-refractivity contribution is 5.87. The Morgan fingerprint density at radius 3 is 2.78 bits per heavy atom. The standard InChI is InChI=1S/C12H6FNO4/c13-7-2-1-3-9-6(7)4-10(17-9)11-5-8(12(15)16)14-18-11/h1-5H,(H,15,16). The van der Waals surface area contributed by atoms with Gasteiger partial charge in [0.2, 0.25) is 5.76 Å². The van der Waals surface area contributed by atoms with Crippen LogP contribution in [-0.4, -0.2) is 16.2 Å². The zero-order valence-electron chi connectivity index (χ0n) is 8.88. The Hall–Kier alpha value is -2.63. The highest BCUT2D eigenvalue weighted by Crippen LogP contribution is 2.29. The van der Waals surface area contributed by atoms with E-state index in [1.165, 1.54) is 24.3 Å². The van der Waals surface area contributed by atoms with E-state index in [1.54, 1.807) is 6.07 Å².